The Bertz CT molecular complexity index is 964. The molecule has 0 saturated carbocycles. The average molecular weight is 348 g/mol. The molecule has 0 fully saturated rings. The Morgan fingerprint density at radius 2 is 1.60 bits per heavy atom. The second-order valence-corrected chi connectivity index (χ2v) is 6.86. The maximum atomic E-state index is 13.4. The van der Waals surface area contributed by atoms with Gasteiger partial charge in [-0.3, -0.25) is 4.79 Å². The maximum Gasteiger partial charge on any atom is 0.258 e. The molecule has 0 bridgehead atoms. The van der Waals surface area contributed by atoms with Gasteiger partial charge in [0.1, 0.15) is 0 Å². The predicted molar refractivity (Wildman–Crippen MR) is 102 cm³/mol. The second kappa shape index (κ2) is 6.38. The van der Waals surface area contributed by atoms with Crippen LogP contribution in [0.5, 0.6) is 0 Å². The van der Waals surface area contributed by atoms with E-state index >= 15 is 0 Å². The van der Waals surface area contributed by atoms with Crippen molar-refractivity contribution in [2.45, 2.75) is 19.9 Å². The highest BCUT2D eigenvalue weighted by Gasteiger charge is 2.25. The number of para-hydroxylation sites is 1. The van der Waals surface area contributed by atoms with Crippen molar-refractivity contribution in [1.82, 2.24) is 0 Å². The van der Waals surface area contributed by atoms with Crippen LogP contribution in [0.15, 0.2) is 66.7 Å². The quantitative estimate of drug-likeness (QED) is 0.577. The molecule has 0 spiro atoms. The number of benzene rings is 3. The molecule has 0 atom stereocenters. The Kier molecular flexibility index (Phi) is 4.06. The topological polar surface area (TPSA) is 20.3 Å². The van der Waals surface area contributed by atoms with E-state index < -0.39 is 0 Å². The lowest BCUT2D eigenvalue weighted by molar-refractivity contribution is 0.0984. The summed E-state index contributed by atoms with van der Waals surface area (Å²) in [5.74, 6) is -0.0100. The van der Waals surface area contributed by atoms with Gasteiger partial charge in [-0.15, -0.1) is 0 Å². The minimum atomic E-state index is -0.0100. The summed E-state index contributed by atoms with van der Waals surface area (Å²) >= 11 is 6.14. The zero-order valence-corrected chi connectivity index (χ0v) is 14.8. The third-order valence-corrected chi connectivity index (χ3v) is 5.02. The molecule has 1 aliphatic heterocycles. The molecule has 0 N–H and O–H groups in total. The molecule has 124 valence electrons. The van der Waals surface area contributed by atoms with E-state index in [-0.39, 0.29) is 5.91 Å². The molecule has 0 unspecified atom stereocenters. The van der Waals surface area contributed by atoms with Crippen molar-refractivity contribution in [1.29, 1.82) is 0 Å². The average Bonchev–Trinajstić information content (AvgIpc) is 2.79. The molecule has 3 aromatic rings. The van der Waals surface area contributed by atoms with Gasteiger partial charge in [-0.2, -0.15) is 0 Å². The summed E-state index contributed by atoms with van der Waals surface area (Å²) in [6, 6.07) is 22.0. The number of carbonyl (C=O) groups excluding carboxylic acids is 1. The van der Waals surface area contributed by atoms with E-state index in [0.29, 0.717) is 17.1 Å². The van der Waals surface area contributed by atoms with Crippen LogP contribution in [0, 0.1) is 6.92 Å². The van der Waals surface area contributed by atoms with Crippen LogP contribution in [-0.2, 0) is 13.0 Å². The Hall–Kier alpha value is -2.58. The number of hydrogen-bond acceptors (Lipinski definition) is 1. The SMILES string of the molecule is Cc1ccc(Cl)cc1C(=O)N1Cc2ccccc2Cc2ccccc21. The van der Waals surface area contributed by atoms with Gasteiger partial charge in [0.25, 0.3) is 5.91 Å². The Balaban J connectivity index is 1.85. The van der Waals surface area contributed by atoms with E-state index in [9.17, 15) is 4.79 Å². The molecule has 3 aromatic carbocycles. The standard InChI is InChI=1S/C22H18ClNO/c1-15-10-11-19(23)13-20(15)22(25)24-14-18-8-3-2-6-16(18)12-17-7-4-5-9-21(17)24/h2-11,13H,12,14H2,1H3. The second-order valence-electron chi connectivity index (χ2n) is 6.42. The van der Waals surface area contributed by atoms with E-state index in [1.165, 1.54) is 16.7 Å². The first-order chi connectivity index (χ1) is 12.1. The van der Waals surface area contributed by atoms with Crippen LogP contribution < -0.4 is 4.90 Å². The molecular weight excluding hydrogens is 330 g/mol. The molecule has 1 amide bonds. The first-order valence-electron chi connectivity index (χ1n) is 8.36. The van der Waals surface area contributed by atoms with E-state index in [2.05, 4.69) is 24.3 Å². The molecule has 25 heavy (non-hydrogen) atoms. The Morgan fingerprint density at radius 3 is 2.40 bits per heavy atom. The number of rotatable bonds is 1. The molecular formula is C22H18ClNO. The summed E-state index contributed by atoms with van der Waals surface area (Å²) in [5.41, 5.74) is 6.19. The van der Waals surface area contributed by atoms with E-state index in [1.807, 2.05) is 48.2 Å². The number of halogens is 1. The summed E-state index contributed by atoms with van der Waals surface area (Å²) in [7, 11) is 0. The minimum absolute atomic E-state index is 0.0100. The number of fused-ring (bicyclic) bond motifs is 2. The minimum Gasteiger partial charge on any atom is -0.304 e. The van der Waals surface area contributed by atoms with Crippen molar-refractivity contribution >= 4 is 23.2 Å². The zero-order valence-electron chi connectivity index (χ0n) is 14.0. The van der Waals surface area contributed by atoms with Gasteiger partial charge in [0, 0.05) is 16.3 Å². The molecule has 3 heteroatoms. The van der Waals surface area contributed by atoms with Crippen LogP contribution >= 0.6 is 11.6 Å². The van der Waals surface area contributed by atoms with E-state index in [0.717, 1.165) is 17.7 Å². The fourth-order valence-corrected chi connectivity index (χ4v) is 3.59. The van der Waals surface area contributed by atoms with E-state index in [4.69, 9.17) is 11.6 Å². The van der Waals surface area contributed by atoms with Gasteiger partial charge in [0.05, 0.1) is 6.54 Å². The molecule has 1 heterocycles. The van der Waals surface area contributed by atoms with Crippen LogP contribution in [0.2, 0.25) is 5.02 Å². The first-order valence-corrected chi connectivity index (χ1v) is 8.74. The molecule has 1 aliphatic rings. The summed E-state index contributed by atoms with van der Waals surface area (Å²) < 4.78 is 0. The van der Waals surface area contributed by atoms with Gasteiger partial charge in [-0.1, -0.05) is 60.1 Å². The van der Waals surface area contributed by atoms with Gasteiger partial charge >= 0.3 is 0 Å². The van der Waals surface area contributed by atoms with Crippen LogP contribution in [-0.4, -0.2) is 5.91 Å². The molecule has 2 nitrogen and oxygen atoms in total. The highest BCUT2D eigenvalue weighted by Crippen LogP contribution is 2.32. The van der Waals surface area contributed by atoms with Crippen molar-refractivity contribution < 1.29 is 4.79 Å². The number of carbonyl (C=O) groups is 1. The van der Waals surface area contributed by atoms with Crippen molar-refractivity contribution in [2.24, 2.45) is 0 Å². The monoisotopic (exact) mass is 347 g/mol. The van der Waals surface area contributed by atoms with Gasteiger partial charge in [0.2, 0.25) is 0 Å². The normalized spacial score (nSPS) is 13.0. The summed E-state index contributed by atoms with van der Waals surface area (Å²) in [6.07, 6.45) is 0.838. The van der Waals surface area contributed by atoms with Crippen LogP contribution in [0.25, 0.3) is 0 Å². The van der Waals surface area contributed by atoms with Crippen LogP contribution in [0.3, 0.4) is 0 Å². The molecule has 0 aliphatic carbocycles. The zero-order chi connectivity index (χ0) is 17.4. The third kappa shape index (κ3) is 2.94. The van der Waals surface area contributed by atoms with Gasteiger partial charge < -0.3 is 4.90 Å². The number of amides is 1. The summed E-state index contributed by atoms with van der Waals surface area (Å²) in [5, 5.41) is 0.581. The number of nitrogens with zero attached hydrogens (tertiary/aromatic N) is 1. The molecule has 0 saturated heterocycles. The first kappa shape index (κ1) is 15.9. The van der Waals surface area contributed by atoms with E-state index in [1.54, 1.807) is 6.07 Å². The fourth-order valence-electron chi connectivity index (χ4n) is 3.42. The van der Waals surface area contributed by atoms with Crippen molar-refractivity contribution in [3.8, 4) is 0 Å². The van der Waals surface area contributed by atoms with Crippen molar-refractivity contribution in [3.05, 3.63) is 99.6 Å². The van der Waals surface area contributed by atoms with Gasteiger partial charge in [-0.25, -0.2) is 0 Å². The molecule has 4 rings (SSSR count). The van der Waals surface area contributed by atoms with Gasteiger partial charge in [-0.05, 0) is 53.8 Å². The molecule has 0 aromatic heterocycles. The highest BCUT2D eigenvalue weighted by atomic mass is 35.5. The summed E-state index contributed by atoms with van der Waals surface area (Å²) in [6.45, 7) is 2.51. The fraction of sp³-hybridized carbons (Fsp3) is 0.136. The Morgan fingerprint density at radius 1 is 0.920 bits per heavy atom. The largest absolute Gasteiger partial charge is 0.304 e. The summed E-state index contributed by atoms with van der Waals surface area (Å²) in [4.78, 5) is 15.2. The lowest BCUT2D eigenvalue weighted by Crippen LogP contribution is -2.31. The van der Waals surface area contributed by atoms with Crippen LogP contribution in [0.4, 0.5) is 5.69 Å². The smallest absolute Gasteiger partial charge is 0.258 e. The third-order valence-electron chi connectivity index (χ3n) is 4.79. The predicted octanol–water partition coefficient (Wildman–Crippen LogP) is 5.40. The van der Waals surface area contributed by atoms with Crippen LogP contribution in [0.1, 0.15) is 32.6 Å². The Labute approximate surface area is 152 Å². The number of anilines is 1. The van der Waals surface area contributed by atoms with Crippen molar-refractivity contribution in [3.63, 3.8) is 0 Å². The maximum absolute atomic E-state index is 13.4. The van der Waals surface area contributed by atoms with Crippen molar-refractivity contribution in [2.75, 3.05) is 4.90 Å². The lowest BCUT2D eigenvalue weighted by atomic mass is 10.0. The number of aryl methyl sites for hydroxylation is 1. The highest BCUT2D eigenvalue weighted by molar-refractivity contribution is 6.31. The molecule has 0 radical (unpaired) electrons. The number of hydrogen-bond donors (Lipinski definition) is 0. The van der Waals surface area contributed by atoms with Gasteiger partial charge in [0.15, 0.2) is 0 Å². The lowest BCUT2D eigenvalue weighted by Gasteiger charge is -2.24.